The first kappa shape index (κ1) is 13.0. The number of azide groups is 1. The molecule has 0 aliphatic heterocycles. The number of ether oxygens (including phenoxy) is 1. The molecule has 0 unspecified atom stereocenters. The second-order valence-electron chi connectivity index (χ2n) is 4.14. The van der Waals surface area contributed by atoms with E-state index in [1.807, 2.05) is 25.1 Å². The van der Waals surface area contributed by atoms with Crippen molar-refractivity contribution in [3.05, 3.63) is 45.5 Å². The van der Waals surface area contributed by atoms with Gasteiger partial charge in [0.05, 0.1) is 13.7 Å². The molecular formula is C13H14N4O2. The van der Waals surface area contributed by atoms with E-state index in [-0.39, 0.29) is 6.54 Å². The van der Waals surface area contributed by atoms with Crippen LogP contribution in [0.25, 0.3) is 21.7 Å². The molecule has 6 nitrogen and oxygen atoms in total. The Kier molecular flexibility index (Phi) is 3.73. The lowest BCUT2D eigenvalue weighted by atomic mass is 10.0. The van der Waals surface area contributed by atoms with Crippen molar-refractivity contribution in [3.63, 3.8) is 0 Å². The molecule has 2 rings (SSSR count). The van der Waals surface area contributed by atoms with E-state index in [1.165, 1.54) is 0 Å². The van der Waals surface area contributed by atoms with Crippen molar-refractivity contribution in [1.29, 1.82) is 0 Å². The van der Waals surface area contributed by atoms with Crippen molar-refractivity contribution < 1.29 is 9.26 Å². The van der Waals surface area contributed by atoms with Gasteiger partial charge in [0.1, 0.15) is 17.2 Å². The Morgan fingerprint density at radius 2 is 2.21 bits per heavy atom. The van der Waals surface area contributed by atoms with E-state index in [4.69, 9.17) is 14.8 Å². The van der Waals surface area contributed by atoms with Gasteiger partial charge in [-0.15, -0.1) is 0 Å². The molecule has 1 heterocycles. The van der Waals surface area contributed by atoms with Crippen LogP contribution < -0.4 is 4.74 Å². The van der Waals surface area contributed by atoms with Crippen molar-refractivity contribution >= 4 is 0 Å². The summed E-state index contributed by atoms with van der Waals surface area (Å²) in [5.41, 5.74) is 11.9. The monoisotopic (exact) mass is 258 g/mol. The number of aromatic nitrogens is 1. The van der Waals surface area contributed by atoms with E-state index < -0.39 is 0 Å². The first-order valence-electron chi connectivity index (χ1n) is 5.78. The highest BCUT2D eigenvalue weighted by Crippen LogP contribution is 2.30. The quantitative estimate of drug-likeness (QED) is 0.475. The molecule has 6 heteroatoms. The summed E-state index contributed by atoms with van der Waals surface area (Å²) in [5, 5.41) is 7.64. The minimum atomic E-state index is 0.229. The standard InChI is InChI=1S/C13H14N4O2/c1-8-6-10(18-3)4-5-11(8)13-12(7-15-17-14)9(2)19-16-13/h4-6H,7H2,1-3H3. The Bertz CT molecular complexity index is 642. The van der Waals surface area contributed by atoms with Gasteiger partial charge in [-0.1, -0.05) is 10.3 Å². The molecular weight excluding hydrogens is 244 g/mol. The van der Waals surface area contributed by atoms with E-state index >= 15 is 0 Å². The molecule has 0 bridgehead atoms. The maximum atomic E-state index is 8.43. The smallest absolute Gasteiger partial charge is 0.137 e. The zero-order valence-electron chi connectivity index (χ0n) is 11.0. The van der Waals surface area contributed by atoms with Crippen LogP contribution in [0.2, 0.25) is 0 Å². The number of aryl methyl sites for hydroxylation is 2. The van der Waals surface area contributed by atoms with Gasteiger partial charge in [0.2, 0.25) is 0 Å². The minimum absolute atomic E-state index is 0.229. The predicted molar refractivity (Wildman–Crippen MR) is 70.8 cm³/mol. The summed E-state index contributed by atoms with van der Waals surface area (Å²) >= 11 is 0. The van der Waals surface area contributed by atoms with Gasteiger partial charge in [-0.05, 0) is 43.1 Å². The summed E-state index contributed by atoms with van der Waals surface area (Å²) in [7, 11) is 1.63. The maximum Gasteiger partial charge on any atom is 0.137 e. The lowest BCUT2D eigenvalue weighted by Gasteiger charge is -2.06. The number of benzene rings is 1. The molecule has 1 aromatic heterocycles. The Balaban J connectivity index is 2.49. The fourth-order valence-electron chi connectivity index (χ4n) is 1.92. The summed E-state index contributed by atoms with van der Waals surface area (Å²) in [6.45, 7) is 4.00. The Morgan fingerprint density at radius 1 is 1.42 bits per heavy atom. The first-order chi connectivity index (χ1) is 9.17. The van der Waals surface area contributed by atoms with Crippen LogP contribution in [-0.4, -0.2) is 12.3 Å². The molecule has 19 heavy (non-hydrogen) atoms. The largest absolute Gasteiger partial charge is 0.497 e. The van der Waals surface area contributed by atoms with Crippen molar-refractivity contribution in [2.75, 3.05) is 7.11 Å². The van der Waals surface area contributed by atoms with Gasteiger partial charge in [0.15, 0.2) is 0 Å². The minimum Gasteiger partial charge on any atom is -0.497 e. The fourth-order valence-corrected chi connectivity index (χ4v) is 1.92. The highest BCUT2D eigenvalue weighted by molar-refractivity contribution is 5.68. The third-order valence-electron chi connectivity index (χ3n) is 2.97. The molecule has 98 valence electrons. The second kappa shape index (κ2) is 5.46. The number of hydrogen-bond donors (Lipinski definition) is 0. The molecule has 0 radical (unpaired) electrons. The first-order valence-corrected chi connectivity index (χ1v) is 5.78. The number of methoxy groups -OCH3 is 1. The molecule has 0 N–H and O–H groups in total. The van der Waals surface area contributed by atoms with Crippen molar-refractivity contribution in [2.24, 2.45) is 5.11 Å². The zero-order valence-corrected chi connectivity index (χ0v) is 11.0. The number of nitrogens with zero attached hydrogens (tertiary/aromatic N) is 4. The summed E-state index contributed by atoms with van der Waals surface area (Å²) < 4.78 is 10.4. The molecule has 1 aromatic carbocycles. The van der Waals surface area contributed by atoms with Gasteiger partial charge >= 0.3 is 0 Å². The molecule has 0 saturated heterocycles. The number of rotatable bonds is 4. The van der Waals surface area contributed by atoms with E-state index in [2.05, 4.69) is 15.2 Å². The van der Waals surface area contributed by atoms with E-state index in [1.54, 1.807) is 14.0 Å². The maximum absolute atomic E-state index is 8.43. The second-order valence-corrected chi connectivity index (χ2v) is 4.14. The van der Waals surface area contributed by atoms with Crippen molar-refractivity contribution in [1.82, 2.24) is 5.16 Å². The van der Waals surface area contributed by atoms with Crippen molar-refractivity contribution in [3.8, 4) is 17.0 Å². The summed E-state index contributed by atoms with van der Waals surface area (Å²) in [6.07, 6.45) is 0. The van der Waals surface area contributed by atoms with Gasteiger partial charge in [-0.2, -0.15) is 0 Å². The zero-order chi connectivity index (χ0) is 13.8. The summed E-state index contributed by atoms with van der Waals surface area (Å²) in [5.74, 6) is 1.45. The van der Waals surface area contributed by atoms with Crippen LogP contribution in [0.1, 0.15) is 16.9 Å². The van der Waals surface area contributed by atoms with E-state index in [9.17, 15) is 0 Å². The van der Waals surface area contributed by atoms with Gasteiger partial charge < -0.3 is 9.26 Å². The topological polar surface area (TPSA) is 84.0 Å². The van der Waals surface area contributed by atoms with Gasteiger partial charge in [-0.25, -0.2) is 0 Å². The molecule has 0 spiro atoms. The van der Waals surface area contributed by atoms with Crippen LogP contribution in [-0.2, 0) is 6.54 Å². The molecule has 0 aliphatic carbocycles. The summed E-state index contributed by atoms with van der Waals surface area (Å²) in [4.78, 5) is 2.77. The SMILES string of the molecule is COc1ccc(-c2noc(C)c2CN=[N+]=[N-])c(C)c1. The van der Waals surface area contributed by atoms with Crippen LogP contribution in [0, 0.1) is 13.8 Å². The molecule has 0 fully saturated rings. The summed E-state index contributed by atoms with van der Waals surface area (Å²) in [6, 6.07) is 5.71. The van der Waals surface area contributed by atoms with Crippen LogP contribution in [0.4, 0.5) is 0 Å². The molecule has 0 saturated carbocycles. The van der Waals surface area contributed by atoms with Gasteiger partial charge in [0.25, 0.3) is 0 Å². The van der Waals surface area contributed by atoms with Crippen LogP contribution in [0.15, 0.2) is 27.8 Å². The Hall–Kier alpha value is -2.46. The molecule has 2 aromatic rings. The van der Waals surface area contributed by atoms with Gasteiger partial charge in [-0.3, -0.25) is 0 Å². The lowest BCUT2D eigenvalue weighted by molar-refractivity contribution is 0.398. The highest BCUT2D eigenvalue weighted by atomic mass is 16.5. The molecule has 0 atom stereocenters. The third-order valence-corrected chi connectivity index (χ3v) is 2.97. The van der Waals surface area contributed by atoms with E-state index in [0.29, 0.717) is 11.5 Å². The number of hydrogen-bond acceptors (Lipinski definition) is 4. The van der Waals surface area contributed by atoms with E-state index in [0.717, 1.165) is 22.4 Å². The Morgan fingerprint density at radius 3 is 2.84 bits per heavy atom. The normalized spacial score (nSPS) is 10.1. The third kappa shape index (κ3) is 2.53. The van der Waals surface area contributed by atoms with Crippen molar-refractivity contribution in [2.45, 2.75) is 20.4 Å². The highest BCUT2D eigenvalue weighted by Gasteiger charge is 2.15. The Labute approximate surface area is 110 Å². The lowest BCUT2D eigenvalue weighted by Crippen LogP contribution is -1.91. The molecule has 0 amide bonds. The van der Waals surface area contributed by atoms with Gasteiger partial charge in [0, 0.05) is 16.0 Å². The average Bonchev–Trinajstić information content (AvgIpc) is 2.77. The average molecular weight is 258 g/mol. The predicted octanol–water partition coefficient (Wildman–Crippen LogP) is 3.78. The van der Waals surface area contributed by atoms with Crippen LogP contribution in [0.3, 0.4) is 0 Å². The molecule has 0 aliphatic rings. The van der Waals surface area contributed by atoms with Crippen LogP contribution >= 0.6 is 0 Å². The fraction of sp³-hybridized carbons (Fsp3) is 0.308. The van der Waals surface area contributed by atoms with Crippen LogP contribution in [0.5, 0.6) is 5.75 Å².